The zero-order chi connectivity index (χ0) is 13.9. The molecule has 0 radical (unpaired) electrons. The Morgan fingerprint density at radius 1 is 1.53 bits per heavy atom. The van der Waals surface area contributed by atoms with E-state index < -0.39 is 15.6 Å². The molecule has 108 valence electrons. The number of aromatic nitrogens is 2. The number of rotatable bonds is 5. The molecule has 3 N–H and O–H groups in total. The minimum atomic E-state index is -3.60. The molecule has 19 heavy (non-hydrogen) atoms. The van der Waals surface area contributed by atoms with Crippen molar-refractivity contribution in [3.8, 4) is 0 Å². The lowest BCUT2D eigenvalue weighted by molar-refractivity contribution is -0.00443. The van der Waals surface area contributed by atoms with Gasteiger partial charge in [-0.2, -0.15) is 0 Å². The molecule has 0 spiro atoms. The van der Waals surface area contributed by atoms with E-state index in [1.165, 1.54) is 12.5 Å². The molecule has 0 aromatic carbocycles. The first kappa shape index (κ1) is 14.5. The van der Waals surface area contributed by atoms with E-state index in [0.29, 0.717) is 18.8 Å². The van der Waals surface area contributed by atoms with Crippen LogP contribution in [0.5, 0.6) is 0 Å². The Bertz CT molecular complexity index is 490. The molecular weight excluding hydrogens is 266 g/mol. The first-order valence-corrected chi connectivity index (χ1v) is 8.14. The molecule has 1 aliphatic rings. The van der Waals surface area contributed by atoms with Crippen LogP contribution in [-0.2, 0) is 10.0 Å². The lowest BCUT2D eigenvalue weighted by atomic mass is 9.78. The van der Waals surface area contributed by atoms with E-state index in [9.17, 15) is 13.5 Å². The Morgan fingerprint density at radius 2 is 2.21 bits per heavy atom. The van der Waals surface area contributed by atoms with Crippen LogP contribution >= 0.6 is 0 Å². The molecule has 1 fully saturated rings. The van der Waals surface area contributed by atoms with Gasteiger partial charge in [0.1, 0.15) is 0 Å². The van der Waals surface area contributed by atoms with Crippen LogP contribution in [-0.4, -0.2) is 35.6 Å². The van der Waals surface area contributed by atoms with Gasteiger partial charge < -0.3 is 10.1 Å². The molecule has 0 amide bonds. The Labute approximate surface area is 113 Å². The molecule has 0 saturated heterocycles. The summed E-state index contributed by atoms with van der Waals surface area (Å²) in [5, 5.41) is 10.4. The van der Waals surface area contributed by atoms with Crippen molar-refractivity contribution in [2.24, 2.45) is 5.92 Å². The Balaban J connectivity index is 1.92. The molecule has 0 unspecified atom stereocenters. The van der Waals surface area contributed by atoms with Crippen LogP contribution in [0.1, 0.15) is 39.0 Å². The molecule has 7 heteroatoms. The molecule has 1 saturated carbocycles. The minimum absolute atomic E-state index is 0.0262. The number of aliphatic hydroxyl groups is 1. The zero-order valence-electron chi connectivity index (χ0n) is 11.1. The number of imidazole rings is 1. The molecule has 0 bridgehead atoms. The third-order valence-corrected chi connectivity index (χ3v) is 5.29. The maximum absolute atomic E-state index is 11.9. The number of nitrogens with zero attached hydrogens (tertiary/aromatic N) is 1. The van der Waals surface area contributed by atoms with Crippen LogP contribution in [0.25, 0.3) is 0 Å². The molecule has 1 heterocycles. The van der Waals surface area contributed by atoms with Crippen molar-refractivity contribution >= 4 is 10.0 Å². The number of hydrogen-bond donors (Lipinski definition) is 3. The number of nitrogens with one attached hydrogen (secondary N) is 2. The summed E-state index contributed by atoms with van der Waals surface area (Å²) in [4.78, 5) is 6.23. The average Bonchev–Trinajstić information content (AvgIpc) is 2.93. The van der Waals surface area contributed by atoms with Crippen LogP contribution in [0.4, 0.5) is 0 Å². The van der Waals surface area contributed by atoms with Gasteiger partial charge in [0.05, 0.1) is 18.1 Å². The second kappa shape index (κ2) is 5.60. The van der Waals surface area contributed by atoms with Gasteiger partial charge in [-0.25, -0.2) is 18.1 Å². The van der Waals surface area contributed by atoms with Crippen molar-refractivity contribution in [2.45, 2.75) is 49.7 Å². The predicted molar refractivity (Wildman–Crippen MR) is 71.0 cm³/mol. The molecule has 1 aromatic rings. The summed E-state index contributed by atoms with van der Waals surface area (Å²) in [6.45, 7) is 2.21. The number of H-pyrrole nitrogens is 1. The zero-order valence-corrected chi connectivity index (χ0v) is 11.9. The number of aromatic amines is 1. The summed E-state index contributed by atoms with van der Waals surface area (Å²) in [7, 11) is -3.60. The molecule has 0 atom stereocenters. The van der Waals surface area contributed by atoms with Crippen molar-refractivity contribution in [2.75, 3.05) is 6.54 Å². The fourth-order valence-electron chi connectivity index (χ4n) is 2.50. The monoisotopic (exact) mass is 287 g/mol. The van der Waals surface area contributed by atoms with Gasteiger partial charge >= 0.3 is 0 Å². The smallest absolute Gasteiger partial charge is 0.257 e. The van der Waals surface area contributed by atoms with Crippen molar-refractivity contribution < 1.29 is 13.5 Å². The average molecular weight is 287 g/mol. The van der Waals surface area contributed by atoms with Gasteiger partial charge in [0, 0.05) is 6.54 Å². The number of hydrogen-bond acceptors (Lipinski definition) is 4. The fraction of sp³-hybridized carbons (Fsp3) is 0.750. The second-order valence-corrected chi connectivity index (χ2v) is 7.05. The van der Waals surface area contributed by atoms with Crippen LogP contribution in [0, 0.1) is 5.92 Å². The third kappa shape index (κ3) is 3.55. The van der Waals surface area contributed by atoms with Gasteiger partial charge in [-0.05, 0) is 31.6 Å². The summed E-state index contributed by atoms with van der Waals surface area (Å²) in [6, 6.07) is 0. The topological polar surface area (TPSA) is 95.1 Å². The minimum Gasteiger partial charge on any atom is -0.389 e. The fourth-order valence-corrected chi connectivity index (χ4v) is 3.52. The highest BCUT2D eigenvalue weighted by Gasteiger charge is 2.34. The van der Waals surface area contributed by atoms with E-state index in [0.717, 1.165) is 19.3 Å². The van der Waals surface area contributed by atoms with E-state index in [2.05, 4.69) is 21.6 Å². The molecule has 6 nitrogen and oxygen atoms in total. The van der Waals surface area contributed by atoms with Gasteiger partial charge in [0.25, 0.3) is 10.0 Å². The van der Waals surface area contributed by atoms with E-state index in [1.807, 2.05) is 0 Å². The largest absolute Gasteiger partial charge is 0.389 e. The van der Waals surface area contributed by atoms with Crippen LogP contribution < -0.4 is 4.72 Å². The van der Waals surface area contributed by atoms with Gasteiger partial charge in [-0.1, -0.05) is 13.3 Å². The van der Waals surface area contributed by atoms with E-state index in [-0.39, 0.29) is 11.6 Å². The van der Waals surface area contributed by atoms with Crippen molar-refractivity contribution in [1.82, 2.24) is 14.7 Å². The third-order valence-electron chi connectivity index (χ3n) is 3.97. The van der Waals surface area contributed by atoms with Crippen molar-refractivity contribution in [3.63, 3.8) is 0 Å². The highest BCUT2D eigenvalue weighted by Crippen LogP contribution is 2.33. The summed E-state index contributed by atoms with van der Waals surface area (Å²) < 4.78 is 26.3. The first-order valence-electron chi connectivity index (χ1n) is 6.66. The van der Waals surface area contributed by atoms with Crippen molar-refractivity contribution in [1.29, 1.82) is 0 Å². The van der Waals surface area contributed by atoms with Crippen LogP contribution in [0.3, 0.4) is 0 Å². The van der Waals surface area contributed by atoms with Gasteiger partial charge in [-0.15, -0.1) is 0 Å². The van der Waals surface area contributed by atoms with E-state index in [4.69, 9.17) is 0 Å². The molecule has 1 aromatic heterocycles. The summed E-state index contributed by atoms with van der Waals surface area (Å²) in [6.07, 6.45) is 6.90. The lowest BCUT2D eigenvalue weighted by Gasteiger charge is -2.35. The normalized spacial score (nSPS) is 28.4. The SMILES string of the molecule is CCC1CCC(O)(CNS(=O)(=O)c2cnc[nH]2)CC1. The summed E-state index contributed by atoms with van der Waals surface area (Å²) >= 11 is 0. The van der Waals surface area contributed by atoms with Gasteiger partial charge in [0.15, 0.2) is 5.03 Å². The predicted octanol–water partition coefficient (Wildman–Crippen LogP) is 1.02. The lowest BCUT2D eigenvalue weighted by Crippen LogP contribution is -2.45. The van der Waals surface area contributed by atoms with Crippen molar-refractivity contribution in [3.05, 3.63) is 12.5 Å². The summed E-state index contributed by atoms with van der Waals surface area (Å²) in [5.74, 6) is 0.657. The molecule has 2 rings (SSSR count). The Hall–Kier alpha value is -0.920. The number of sulfonamides is 1. The van der Waals surface area contributed by atoms with Crippen LogP contribution in [0.15, 0.2) is 17.6 Å². The molecular formula is C12H21N3O3S. The highest BCUT2D eigenvalue weighted by molar-refractivity contribution is 7.89. The van der Waals surface area contributed by atoms with Crippen LogP contribution in [0.2, 0.25) is 0 Å². The molecule has 0 aliphatic heterocycles. The maximum Gasteiger partial charge on any atom is 0.257 e. The molecule has 1 aliphatic carbocycles. The standard InChI is InChI=1S/C12H21N3O3S/c1-2-10-3-5-12(16,6-4-10)8-15-19(17,18)11-7-13-9-14-11/h7,9-10,15-16H,2-6,8H2,1H3,(H,13,14). The Kier molecular flexibility index (Phi) is 4.27. The van der Waals surface area contributed by atoms with E-state index in [1.54, 1.807) is 0 Å². The van der Waals surface area contributed by atoms with Gasteiger partial charge in [-0.3, -0.25) is 0 Å². The second-order valence-electron chi connectivity index (χ2n) is 5.32. The quantitative estimate of drug-likeness (QED) is 0.753. The highest BCUT2D eigenvalue weighted by atomic mass is 32.2. The summed E-state index contributed by atoms with van der Waals surface area (Å²) in [5.41, 5.74) is -0.918. The van der Waals surface area contributed by atoms with E-state index >= 15 is 0 Å². The first-order chi connectivity index (χ1) is 8.95. The maximum atomic E-state index is 11.9. The Morgan fingerprint density at radius 3 is 2.74 bits per heavy atom. The van der Waals surface area contributed by atoms with Gasteiger partial charge in [0.2, 0.25) is 0 Å².